The van der Waals surface area contributed by atoms with Gasteiger partial charge in [0.1, 0.15) is 5.58 Å². The normalized spacial score (nSPS) is 10.8. The van der Waals surface area contributed by atoms with E-state index in [9.17, 15) is 9.59 Å². The maximum absolute atomic E-state index is 12.2. The molecular formula is C22H24N2O3. The van der Waals surface area contributed by atoms with Gasteiger partial charge >= 0.3 is 0 Å². The van der Waals surface area contributed by atoms with Crippen LogP contribution in [0.2, 0.25) is 0 Å². The van der Waals surface area contributed by atoms with Gasteiger partial charge in [0, 0.05) is 18.2 Å². The number of anilines is 2. The number of hydrogen-bond acceptors (Lipinski definition) is 4. The van der Waals surface area contributed by atoms with E-state index >= 15 is 0 Å². The van der Waals surface area contributed by atoms with Crippen molar-refractivity contribution < 1.29 is 14.0 Å². The molecule has 0 saturated carbocycles. The van der Waals surface area contributed by atoms with Crippen LogP contribution in [-0.2, 0) is 4.79 Å². The van der Waals surface area contributed by atoms with Gasteiger partial charge in [-0.25, -0.2) is 0 Å². The average Bonchev–Trinajstić information content (AvgIpc) is 3.10. The Labute approximate surface area is 158 Å². The van der Waals surface area contributed by atoms with E-state index in [4.69, 9.17) is 10.2 Å². The number of carbonyl (C=O) groups excluding carboxylic acids is 2. The van der Waals surface area contributed by atoms with Crippen LogP contribution in [0.3, 0.4) is 0 Å². The third-order valence-electron chi connectivity index (χ3n) is 4.49. The molecule has 1 aromatic heterocycles. The van der Waals surface area contributed by atoms with E-state index in [0.717, 1.165) is 36.7 Å². The highest BCUT2D eigenvalue weighted by Crippen LogP contribution is 2.21. The van der Waals surface area contributed by atoms with Crippen LogP contribution >= 0.6 is 0 Å². The number of ketones is 1. The van der Waals surface area contributed by atoms with Gasteiger partial charge < -0.3 is 15.5 Å². The Morgan fingerprint density at radius 1 is 0.889 bits per heavy atom. The Kier molecular flexibility index (Phi) is 6.26. The summed E-state index contributed by atoms with van der Waals surface area (Å²) in [5.41, 5.74) is 7.77. The number of nitrogens with one attached hydrogen (secondary N) is 1. The molecule has 3 rings (SSSR count). The summed E-state index contributed by atoms with van der Waals surface area (Å²) in [4.78, 5) is 24.2. The van der Waals surface area contributed by atoms with Crippen molar-refractivity contribution in [2.45, 2.75) is 38.5 Å². The minimum atomic E-state index is -0.0359. The molecule has 1 heterocycles. The van der Waals surface area contributed by atoms with E-state index < -0.39 is 0 Å². The van der Waals surface area contributed by atoms with Crippen LogP contribution in [-0.4, -0.2) is 11.7 Å². The highest BCUT2D eigenvalue weighted by molar-refractivity contribution is 5.97. The molecule has 0 atom stereocenters. The van der Waals surface area contributed by atoms with Crippen molar-refractivity contribution in [3.8, 4) is 0 Å². The maximum Gasteiger partial charge on any atom is 0.224 e. The smallest absolute Gasteiger partial charge is 0.224 e. The lowest BCUT2D eigenvalue weighted by Crippen LogP contribution is -2.12. The number of furan rings is 1. The van der Waals surface area contributed by atoms with Gasteiger partial charge in [-0.15, -0.1) is 0 Å². The Morgan fingerprint density at radius 2 is 1.59 bits per heavy atom. The van der Waals surface area contributed by atoms with Crippen LogP contribution in [0.15, 0.2) is 59.0 Å². The highest BCUT2D eigenvalue weighted by atomic mass is 16.3. The van der Waals surface area contributed by atoms with Gasteiger partial charge in [0.05, 0.1) is 11.4 Å². The fourth-order valence-electron chi connectivity index (χ4n) is 2.99. The van der Waals surface area contributed by atoms with Gasteiger partial charge in [0.25, 0.3) is 0 Å². The molecule has 0 bridgehead atoms. The largest absolute Gasteiger partial charge is 0.453 e. The Bertz CT molecular complexity index is 897. The van der Waals surface area contributed by atoms with E-state index in [2.05, 4.69) is 5.32 Å². The molecule has 5 heteroatoms. The summed E-state index contributed by atoms with van der Waals surface area (Å²) < 4.78 is 5.59. The number of nitrogens with two attached hydrogens (primary N) is 1. The molecule has 5 nitrogen and oxygen atoms in total. The molecule has 0 radical (unpaired) electrons. The summed E-state index contributed by atoms with van der Waals surface area (Å²) in [6.45, 7) is 0. The number of nitrogen functional groups attached to an aromatic ring is 1. The zero-order valence-electron chi connectivity index (χ0n) is 15.2. The number of hydrogen-bond donors (Lipinski definition) is 2. The zero-order valence-corrected chi connectivity index (χ0v) is 15.2. The van der Waals surface area contributed by atoms with Gasteiger partial charge in [-0.05, 0) is 37.1 Å². The third kappa shape index (κ3) is 5.20. The Morgan fingerprint density at radius 3 is 2.37 bits per heavy atom. The average molecular weight is 364 g/mol. The van der Waals surface area contributed by atoms with Gasteiger partial charge in [0.2, 0.25) is 5.91 Å². The summed E-state index contributed by atoms with van der Waals surface area (Å²) in [7, 11) is 0. The zero-order chi connectivity index (χ0) is 19.1. The summed E-state index contributed by atoms with van der Waals surface area (Å²) in [5, 5.41) is 3.77. The monoisotopic (exact) mass is 364 g/mol. The molecule has 0 aliphatic carbocycles. The number of unbranched alkanes of at least 4 members (excludes halogenated alkanes) is 3. The molecule has 2 aromatic carbocycles. The first-order valence-corrected chi connectivity index (χ1v) is 9.29. The fraction of sp³-hybridized carbons (Fsp3) is 0.273. The van der Waals surface area contributed by atoms with E-state index in [1.54, 1.807) is 18.2 Å². The van der Waals surface area contributed by atoms with Gasteiger partial charge in [-0.3, -0.25) is 9.59 Å². The summed E-state index contributed by atoms with van der Waals surface area (Å²) in [5.74, 6) is 0.422. The first kappa shape index (κ1) is 18.7. The van der Waals surface area contributed by atoms with E-state index in [-0.39, 0.29) is 11.7 Å². The minimum Gasteiger partial charge on any atom is -0.453 e. The predicted octanol–water partition coefficient (Wildman–Crippen LogP) is 5.18. The quantitative estimate of drug-likeness (QED) is 0.311. The topological polar surface area (TPSA) is 85.3 Å². The maximum atomic E-state index is 12.2. The van der Waals surface area contributed by atoms with Crippen LogP contribution in [0, 0.1) is 0 Å². The number of para-hydroxylation sites is 3. The van der Waals surface area contributed by atoms with Crippen LogP contribution in [0.25, 0.3) is 11.0 Å². The molecule has 0 aliphatic rings. The molecule has 3 N–H and O–H groups in total. The first-order chi connectivity index (χ1) is 13.1. The Hall–Kier alpha value is -3.08. The number of Topliss-reactive ketones (excluding diaryl/α,β-unsaturated/α-hetero) is 1. The molecule has 27 heavy (non-hydrogen) atoms. The molecule has 0 spiro atoms. The molecule has 1 amide bonds. The standard InChI is InChI=1S/C22H24N2O3/c23-17-10-6-7-11-18(17)24-22(26)14-4-2-1-3-12-19(25)21-15-16-9-5-8-13-20(16)27-21/h5-11,13,15H,1-4,12,14,23H2,(H,24,26). The molecule has 0 unspecified atom stereocenters. The molecule has 140 valence electrons. The van der Waals surface area contributed by atoms with Crippen LogP contribution in [0.4, 0.5) is 11.4 Å². The van der Waals surface area contributed by atoms with Crippen molar-refractivity contribution in [1.82, 2.24) is 0 Å². The second-order valence-corrected chi connectivity index (χ2v) is 6.62. The predicted molar refractivity (Wildman–Crippen MR) is 108 cm³/mol. The summed E-state index contributed by atoms with van der Waals surface area (Å²) >= 11 is 0. The second kappa shape index (κ2) is 9.03. The molecular weight excluding hydrogens is 340 g/mol. The van der Waals surface area contributed by atoms with Crippen LogP contribution in [0.5, 0.6) is 0 Å². The van der Waals surface area contributed by atoms with Crippen molar-refractivity contribution in [3.05, 3.63) is 60.4 Å². The van der Waals surface area contributed by atoms with Gasteiger partial charge in [-0.1, -0.05) is 43.2 Å². The lowest BCUT2D eigenvalue weighted by atomic mass is 10.1. The summed E-state index contributed by atoms with van der Waals surface area (Å²) in [6, 6.07) is 16.6. The SMILES string of the molecule is Nc1ccccc1NC(=O)CCCCCCC(=O)c1cc2ccccc2o1. The highest BCUT2D eigenvalue weighted by Gasteiger charge is 2.11. The fourth-order valence-corrected chi connectivity index (χ4v) is 2.99. The number of carbonyl (C=O) groups is 2. The number of fused-ring (bicyclic) bond motifs is 1. The van der Waals surface area contributed by atoms with Crippen molar-refractivity contribution in [3.63, 3.8) is 0 Å². The van der Waals surface area contributed by atoms with Crippen LogP contribution in [0.1, 0.15) is 49.1 Å². The number of benzene rings is 2. The van der Waals surface area contributed by atoms with Gasteiger partial charge in [0.15, 0.2) is 11.5 Å². The summed E-state index contributed by atoms with van der Waals surface area (Å²) in [6.07, 6.45) is 4.32. The van der Waals surface area contributed by atoms with Crippen molar-refractivity contribution in [2.24, 2.45) is 0 Å². The third-order valence-corrected chi connectivity index (χ3v) is 4.49. The van der Waals surface area contributed by atoms with Crippen molar-refractivity contribution in [1.29, 1.82) is 0 Å². The molecule has 0 aliphatic heterocycles. The number of rotatable bonds is 9. The lowest BCUT2D eigenvalue weighted by molar-refractivity contribution is -0.116. The number of amides is 1. The van der Waals surface area contributed by atoms with Crippen molar-refractivity contribution in [2.75, 3.05) is 11.1 Å². The minimum absolute atomic E-state index is 0.0310. The van der Waals surface area contributed by atoms with Crippen molar-refractivity contribution >= 4 is 34.0 Å². The van der Waals surface area contributed by atoms with E-state index in [0.29, 0.717) is 30.0 Å². The second-order valence-electron chi connectivity index (χ2n) is 6.62. The van der Waals surface area contributed by atoms with Crippen LogP contribution < -0.4 is 11.1 Å². The van der Waals surface area contributed by atoms with Gasteiger partial charge in [-0.2, -0.15) is 0 Å². The van der Waals surface area contributed by atoms with E-state index in [1.807, 2.05) is 36.4 Å². The molecule has 0 saturated heterocycles. The Balaban J connectivity index is 1.32. The lowest BCUT2D eigenvalue weighted by Gasteiger charge is -2.07. The van der Waals surface area contributed by atoms with E-state index in [1.165, 1.54) is 0 Å². The molecule has 3 aromatic rings. The first-order valence-electron chi connectivity index (χ1n) is 9.29. The molecule has 0 fully saturated rings.